The van der Waals surface area contributed by atoms with Crippen LogP contribution in [0.4, 0.5) is 0 Å². The summed E-state index contributed by atoms with van der Waals surface area (Å²) in [7, 11) is 0. The third-order valence-electron chi connectivity index (χ3n) is 1.54. The molecule has 2 rings (SSSR count). The Balaban J connectivity index is 2.35. The van der Waals surface area contributed by atoms with E-state index in [1.807, 2.05) is 18.4 Å². The van der Waals surface area contributed by atoms with E-state index in [9.17, 15) is 0 Å². The minimum Gasteiger partial charge on any atom is -0.332 e. The van der Waals surface area contributed by atoms with Crippen LogP contribution in [0.3, 0.4) is 0 Å². The zero-order chi connectivity index (χ0) is 9.26. The van der Waals surface area contributed by atoms with Crippen LogP contribution in [0.15, 0.2) is 21.8 Å². The Morgan fingerprint density at radius 3 is 2.85 bits per heavy atom. The number of rotatable bonds is 2. The average molecular weight is 212 g/mol. The molecule has 2 aromatic heterocycles. The molecule has 0 amide bonds. The van der Waals surface area contributed by atoms with Gasteiger partial charge in [-0.25, -0.2) is 0 Å². The number of hydrogen-bond donors (Lipinski definition) is 0. The summed E-state index contributed by atoms with van der Waals surface area (Å²) in [4.78, 5) is 6.49. The van der Waals surface area contributed by atoms with E-state index in [1.54, 1.807) is 11.3 Å². The molecule has 0 aromatic carbocycles. The Morgan fingerprint density at radius 2 is 2.31 bits per heavy atom. The normalized spacial score (nSPS) is 10.6. The van der Waals surface area contributed by atoms with Crippen LogP contribution in [0.25, 0.3) is 10.8 Å². The van der Waals surface area contributed by atoms with Crippen LogP contribution in [0.2, 0.25) is 0 Å². The molecule has 3 nitrogen and oxygen atoms in total. The first-order chi connectivity index (χ1) is 6.29. The van der Waals surface area contributed by atoms with Crippen molar-refractivity contribution in [2.75, 3.05) is 6.26 Å². The molecule has 0 radical (unpaired) electrons. The molecule has 0 fully saturated rings. The van der Waals surface area contributed by atoms with E-state index in [1.165, 1.54) is 16.6 Å². The molecule has 0 unspecified atom stereocenters. The van der Waals surface area contributed by atoms with E-state index in [-0.39, 0.29) is 0 Å². The third kappa shape index (κ3) is 1.76. The number of hydrogen-bond acceptors (Lipinski definition) is 5. The van der Waals surface area contributed by atoms with Gasteiger partial charge in [-0.1, -0.05) is 11.8 Å². The Hall–Kier alpha value is -0.810. The molecule has 5 heteroatoms. The Labute approximate surface area is 84.2 Å². The van der Waals surface area contributed by atoms with Gasteiger partial charge in [0.1, 0.15) is 0 Å². The van der Waals surface area contributed by atoms with Crippen molar-refractivity contribution >= 4 is 23.1 Å². The number of thiophene rings is 1. The SMILES string of the molecule is CSc1noc(-c2ccc(C)s2)n1. The first kappa shape index (κ1) is 8.77. The summed E-state index contributed by atoms with van der Waals surface area (Å²) in [5, 5.41) is 4.49. The Morgan fingerprint density at radius 1 is 1.46 bits per heavy atom. The summed E-state index contributed by atoms with van der Waals surface area (Å²) in [5.41, 5.74) is 0. The van der Waals surface area contributed by atoms with Crippen molar-refractivity contribution in [3.63, 3.8) is 0 Å². The lowest BCUT2D eigenvalue weighted by molar-refractivity contribution is 0.416. The predicted molar refractivity (Wildman–Crippen MR) is 54.1 cm³/mol. The molecule has 0 atom stereocenters. The van der Waals surface area contributed by atoms with Crippen molar-refractivity contribution in [1.29, 1.82) is 0 Å². The van der Waals surface area contributed by atoms with Gasteiger partial charge in [-0.3, -0.25) is 0 Å². The Bertz CT molecular complexity index is 408. The minimum absolute atomic E-state index is 0.613. The van der Waals surface area contributed by atoms with Gasteiger partial charge >= 0.3 is 0 Å². The molecule has 0 aliphatic rings. The van der Waals surface area contributed by atoms with E-state index < -0.39 is 0 Å². The number of aryl methyl sites for hydroxylation is 1. The van der Waals surface area contributed by atoms with Crippen molar-refractivity contribution in [3.8, 4) is 10.8 Å². The summed E-state index contributed by atoms with van der Waals surface area (Å²) < 4.78 is 5.08. The highest BCUT2D eigenvalue weighted by Crippen LogP contribution is 2.27. The van der Waals surface area contributed by atoms with E-state index >= 15 is 0 Å². The van der Waals surface area contributed by atoms with Crippen molar-refractivity contribution in [3.05, 3.63) is 17.0 Å². The molecule has 0 saturated carbocycles. The predicted octanol–water partition coefficient (Wildman–Crippen LogP) is 2.83. The molecule has 0 spiro atoms. The maximum atomic E-state index is 5.08. The molecule has 0 bridgehead atoms. The molecular formula is C8H8N2OS2. The van der Waals surface area contributed by atoms with Crippen LogP contribution in [0.5, 0.6) is 0 Å². The maximum Gasteiger partial charge on any atom is 0.268 e. The van der Waals surface area contributed by atoms with Crippen molar-refractivity contribution in [2.24, 2.45) is 0 Å². The lowest BCUT2D eigenvalue weighted by atomic mass is 10.4. The lowest BCUT2D eigenvalue weighted by Crippen LogP contribution is -1.71. The smallest absolute Gasteiger partial charge is 0.268 e. The molecule has 0 aliphatic carbocycles. The first-order valence-corrected chi connectivity index (χ1v) is 5.78. The Kier molecular flexibility index (Phi) is 2.37. The lowest BCUT2D eigenvalue weighted by Gasteiger charge is -1.82. The second-order valence-corrected chi connectivity index (χ2v) is 4.56. The van der Waals surface area contributed by atoms with E-state index in [4.69, 9.17) is 4.52 Å². The van der Waals surface area contributed by atoms with Gasteiger partial charge < -0.3 is 4.52 Å². The van der Waals surface area contributed by atoms with Crippen LogP contribution in [-0.2, 0) is 0 Å². The van der Waals surface area contributed by atoms with Crippen LogP contribution in [-0.4, -0.2) is 16.4 Å². The van der Waals surface area contributed by atoms with E-state index in [0.29, 0.717) is 11.0 Å². The van der Waals surface area contributed by atoms with Crippen molar-refractivity contribution in [2.45, 2.75) is 12.1 Å². The first-order valence-electron chi connectivity index (χ1n) is 3.74. The average Bonchev–Trinajstić information content (AvgIpc) is 2.71. The van der Waals surface area contributed by atoms with E-state index in [2.05, 4.69) is 17.1 Å². The fourth-order valence-corrected chi connectivity index (χ4v) is 2.02. The van der Waals surface area contributed by atoms with Crippen LogP contribution >= 0.6 is 23.1 Å². The maximum absolute atomic E-state index is 5.08. The largest absolute Gasteiger partial charge is 0.332 e. The second kappa shape index (κ2) is 3.51. The molecule has 13 heavy (non-hydrogen) atoms. The highest BCUT2D eigenvalue weighted by molar-refractivity contribution is 7.98. The summed E-state index contributed by atoms with van der Waals surface area (Å²) in [6.07, 6.45) is 1.92. The molecule has 68 valence electrons. The molecule has 0 saturated heterocycles. The van der Waals surface area contributed by atoms with Crippen LogP contribution in [0, 0.1) is 6.92 Å². The minimum atomic E-state index is 0.613. The van der Waals surface area contributed by atoms with Gasteiger partial charge in [-0.2, -0.15) is 4.98 Å². The molecule has 2 aromatic rings. The zero-order valence-electron chi connectivity index (χ0n) is 7.27. The summed E-state index contributed by atoms with van der Waals surface area (Å²) in [5.74, 6) is 0.613. The molecule has 0 N–H and O–H groups in total. The van der Waals surface area contributed by atoms with Gasteiger partial charge in [0.15, 0.2) is 0 Å². The fourth-order valence-electron chi connectivity index (χ4n) is 0.942. The standard InChI is InChI=1S/C8H8N2OS2/c1-5-3-4-6(13-5)7-9-8(12-2)10-11-7/h3-4H,1-2H3. The highest BCUT2D eigenvalue weighted by atomic mass is 32.2. The van der Waals surface area contributed by atoms with Gasteiger partial charge in [0.05, 0.1) is 4.88 Å². The highest BCUT2D eigenvalue weighted by Gasteiger charge is 2.09. The monoisotopic (exact) mass is 212 g/mol. The van der Waals surface area contributed by atoms with Gasteiger partial charge in [-0.05, 0) is 30.5 Å². The zero-order valence-corrected chi connectivity index (χ0v) is 8.91. The summed E-state index contributed by atoms with van der Waals surface area (Å²) in [6, 6.07) is 4.04. The number of aromatic nitrogens is 2. The number of nitrogens with zero attached hydrogens (tertiary/aromatic N) is 2. The topological polar surface area (TPSA) is 38.9 Å². The molecule has 2 heterocycles. The quantitative estimate of drug-likeness (QED) is 0.717. The van der Waals surface area contributed by atoms with Gasteiger partial charge in [0, 0.05) is 4.88 Å². The van der Waals surface area contributed by atoms with E-state index in [0.717, 1.165) is 4.88 Å². The van der Waals surface area contributed by atoms with Crippen molar-refractivity contribution < 1.29 is 4.52 Å². The third-order valence-corrected chi connectivity index (χ3v) is 3.06. The van der Waals surface area contributed by atoms with Crippen molar-refractivity contribution in [1.82, 2.24) is 10.1 Å². The van der Waals surface area contributed by atoms with Crippen LogP contribution in [0.1, 0.15) is 4.88 Å². The van der Waals surface area contributed by atoms with Gasteiger partial charge in [-0.15, -0.1) is 11.3 Å². The van der Waals surface area contributed by atoms with Gasteiger partial charge in [0.25, 0.3) is 5.89 Å². The summed E-state index contributed by atoms with van der Waals surface area (Å²) >= 11 is 3.14. The molecular weight excluding hydrogens is 204 g/mol. The summed E-state index contributed by atoms with van der Waals surface area (Å²) in [6.45, 7) is 2.06. The second-order valence-electron chi connectivity index (χ2n) is 2.50. The van der Waals surface area contributed by atoms with Gasteiger partial charge in [0.2, 0.25) is 5.16 Å². The van der Waals surface area contributed by atoms with Crippen LogP contribution < -0.4 is 0 Å². The fraction of sp³-hybridized carbons (Fsp3) is 0.250. The molecule has 0 aliphatic heterocycles. The number of thioether (sulfide) groups is 1.